The van der Waals surface area contributed by atoms with Crippen LogP contribution in [0.4, 0.5) is 5.69 Å². The number of carbonyl (C=O) groups is 1. The molecule has 0 aliphatic heterocycles. The minimum absolute atomic E-state index is 0.0652. The molecule has 3 N–H and O–H groups in total. The molecule has 1 aromatic carbocycles. The van der Waals surface area contributed by atoms with Crippen LogP contribution in [-0.2, 0) is 10.0 Å². The first kappa shape index (κ1) is 18.8. The summed E-state index contributed by atoms with van der Waals surface area (Å²) in [5, 5.41) is 0.922. The number of hydrazine groups is 1. The number of hydrogen-bond acceptors (Lipinski definition) is 6. The standard InChI is InChI=1S/C17H22N4O3S2/c1-10(2)17-18-11(3)15(25-17)16(22)20-19-12-6-8-14(9-7-12)26(23,24)21-13-4-5-13/h6-10,13,19,21H,4-5H2,1-3H3,(H,20,22). The molecule has 2 aromatic rings. The Bertz CT molecular complexity index is 901. The number of sulfonamides is 1. The van der Waals surface area contributed by atoms with Crippen molar-refractivity contribution in [2.75, 3.05) is 5.43 Å². The number of amides is 1. The Morgan fingerprint density at radius 1 is 1.23 bits per heavy atom. The summed E-state index contributed by atoms with van der Waals surface area (Å²) in [6.45, 7) is 5.88. The van der Waals surface area contributed by atoms with Crippen molar-refractivity contribution in [3.05, 3.63) is 39.8 Å². The fraction of sp³-hybridized carbons (Fsp3) is 0.412. The van der Waals surface area contributed by atoms with Gasteiger partial charge < -0.3 is 0 Å². The second kappa shape index (κ2) is 7.34. The summed E-state index contributed by atoms with van der Waals surface area (Å²) < 4.78 is 26.9. The molecule has 0 saturated heterocycles. The Hall–Kier alpha value is -1.97. The van der Waals surface area contributed by atoms with Crippen LogP contribution < -0.4 is 15.6 Å². The normalized spacial score (nSPS) is 14.5. The molecule has 7 nitrogen and oxygen atoms in total. The number of nitrogens with zero attached hydrogens (tertiary/aromatic N) is 1. The van der Waals surface area contributed by atoms with Gasteiger partial charge in [-0.15, -0.1) is 11.3 Å². The Morgan fingerprint density at radius 2 is 1.88 bits per heavy atom. The number of rotatable bonds is 7. The fourth-order valence-electron chi connectivity index (χ4n) is 2.27. The maximum absolute atomic E-state index is 12.3. The van der Waals surface area contributed by atoms with Crippen LogP contribution >= 0.6 is 11.3 Å². The number of nitrogens with one attached hydrogen (secondary N) is 3. The number of hydrogen-bond donors (Lipinski definition) is 3. The van der Waals surface area contributed by atoms with Gasteiger partial charge in [-0.3, -0.25) is 15.6 Å². The molecule has 1 saturated carbocycles. The van der Waals surface area contributed by atoms with Gasteiger partial charge in [0, 0.05) is 12.0 Å². The van der Waals surface area contributed by atoms with E-state index in [1.165, 1.54) is 23.5 Å². The molecule has 1 aliphatic carbocycles. The highest BCUT2D eigenvalue weighted by Gasteiger charge is 2.27. The smallest absolute Gasteiger partial charge is 0.281 e. The van der Waals surface area contributed by atoms with Crippen LogP contribution in [0.3, 0.4) is 0 Å². The average Bonchev–Trinajstić information content (AvgIpc) is 3.30. The van der Waals surface area contributed by atoms with Crippen LogP contribution in [0, 0.1) is 6.92 Å². The van der Waals surface area contributed by atoms with Crippen LogP contribution in [0.2, 0.25) is 0 Å². The summed E-state index contributed by atoms with van der Waals surface area (Å²) in [5.74, 6) is 0.00551. The molecule has 0 unspecified atom stereocenters. The van der Waals surface area contributed by atoms with Crippen molar-refractivity contribution in [3.8, 4) is 0 Å². The van der Waals surface area contributed by atoms with E-state index in [0.29, 0.717) is 16.3 Å². The number of thiazole rings is 1. The van der Waals surface area contributed by atoms with Gasteiger partial charge in [0.05, 0.1) is 21.3 Å². The molecule has 26 heavy (non-hydrogen) atoms. The Labute approximate surface area is 157 Å². The van der Waals surface area contributed by atoms with Crippen LogP contribution in [0.25, 0.3) is 0 Å². The molecular weight excluding hydrogens is 372 g/mol. The van der Waals surface area contributed by atoms with E-state index in [2.05, 4.69) is 20.6 Å². The van der Waals surface area contributed by atoms with Crippen molar-refractivity contribution in [1.82, 2.24) is 15.1 Å². The zero-order chi connectivity index (χ0) is 18.9. The first-order chi connectivity index (χ1) is 12.3. The lowest BCUT2D eigenvalue weighted by atomic mass is 10.2. The summed E-state index contributed by atoms with van der Waals surface area (Å²) in [6, 6.07) is 6.30. The van der Waals surface area contributed by atoms with E-state index in [1.807, 2.05) is 20.8 Å². The molecule has 1 amide bonds. The molecule has 0 spiro atoms. The highest BCUT2D eigenvalue weighted by Crippen LogP contribution is 2.25. The van der Waals surface area contributed by atoms with Crippen molar-refractivity contribution in [3.63, 3.8) is 0 Å². The average molecular weight is 395 g/mol. The van der Waals surface area contributed by atoms with Crippen molar-refractivity contribution in [1.29, 1.82) is 0 Å². The molecule has 140 valence electrons. The third-order valence-corrected chi connectivity index (χ3v) is 6.89. The minimum atomic E-state index is -3.47. The van der Waals surface area contributed by atoms with Gasteiger partial charge in [0.1, 0.15) is 4.88 Å². The van der Waals surface area contributed by atoms with Gasteiger partial charge in [-0.05, 0) is 44.0 Å². The minimum Gasteiger partial charge on any atom is -0.298 e. The number of benzene rings is 1. The van der Waals surface area contributed by atoms with Crippen molar-refractivity contribution >= 4 is 33.0 Å². The maximum Gasteiger partial charge on any atom is 0.281 e. The third kappa shape index (κ3) is 4.40. The number of carbonyl (C=O) groups excluding carboxylic acids is 1. The largest absolute Gasteiger partial charge is 0.298 e. The lowest BCUT2D eigenvalue weighted by Gasteiger charge is -2.09. The molecule has 1 aromatic heterocycles. The molecule has 1 heterocycles. The van der Waals surface area contributed by atoms with Crippen molar-refractivity contribution in [2.24, 2.45) is 0 Å². The van der Waals surface area contributed by atoms with Crippen molar-refractivity contribution < 1.29 is 13.2 Å². The molecule has 0 radical (unpaired) electrons. The molecule has 1 fully saturated rings. The first-order valence-corrected chi connectivity index (χ1v) is 10.7. The van der Waals surface area contributed by atoms with Crippen LogP contribution in [0.15, 0.2) is 29.2 Å². The zero-order valence-electron chi connectivity index (χ0n) is 14.9. The summed E-state index contributed by atoms with van der Waals surface area (Å²) in [6.07, 6.45) is 1.78. The Morgan fingerprint density at radius 3 is 2.42 bits per heavy atom. The summed E-state index contributed by atoms with van der Waals surface area (Å²) in [4.78, 5) is 17.5. The monoisotopic (exact) mass is 394 g/mol. The fourth-order valence-corrected chi connectivity index (χ4v) is 4.54. The van der Waals surface area contributed by atoms with Gasteiger partial charge in [-0.1, -0.05) is 13.8 Å². The van der Waals surface area contributed by atoms with E-state index in [4.69, 9.17) is 0 Å². The van der Waals surface area contributed by atoms with Gasteiger partial charge in [0.2, 0.25) is 10.0 Å². The Kier molecular flexibility index (Phi) is 5.31. The molecular formula is C17H22N4O3S2. The van der Waals surface area contributed by atoms with Crippen LogP contribution in [-0.4, -0.2) is 25.4 Å². The topological polar surface area (TPSA) is 100 Å². The predicted octanol–water partition coefficient (Wildman–Crippen LogP) is 2.77. The second-order valence-electron chi connectivity index (χ2n) is 6.62. The Balaban J connectivity index is 1.62. The van der Waals surface area contributed by atoms with Gasteiger partial charge in [0.25, 0.3) is 5.91 Å². The van der Waals surface area contributed by atoms with Crippen LogP contribution in [0.5, 0.6) is 0 Å². The van der Waals surface area contributed by atoms with Crippen LogP contribution in [0.1, 0.15) is 53.0 Å². The van der Waals surface area contributed by atoms with Crippen molar-refractivity contribution in [2.45, 2.75) is 50.5 Å². The first-order valence-electron chi connectivity index (χ1n) is 8.42. The highest BCUT2D eigenvalue weighted by molar-refractivity contribution is 7.89. The molecule has 0 atom stereocenters. The zero-order valence-corrected chi connectivity index (χ0v) is 16.5. The summed E-state index contributed by atoms with van der Waals surface area (Å²) in [5.41, 5.74) is 6.72. The number of aromatic nitrogens is 1. The number of anilines is 1. The molecule has 1 aliphatic rings. The highest BCUT2D eigenvalue weighted by atomic mass is 32.2. The molecule has 9 heteroatoms. The predicted molar refractivity (Wildman–Crippen MR) is 102 cm³/mol. The quantitative estimate of drug-likeness (QED) is 0.627. The lowest BCUT2D eigenvalue weighted by Crippen LogP contribution is -2.29. The summed E-state index contributed by atoms with van der Waals surface area (Å²) in [7, 11) is -3.47. The molecule has 0 bridgehead atoms. The molecule has 3 rings (SSSR count). The van der Waals surface area contributed by atoms with E-state index >= 15 is 0 Å². The number of aryl methyl sites for hydroxylation is 1. The SMILES string of the molecule is Cc1nc(C(C)C)sc1C(=O)NNc1ccc(S(=O)(=O)NC2CC2)cc1. The van der Waals surface area contributed by atoms with Gasteiger partial charge in [0.15, 0.2) is 0 Å². The van der Waals surface area contributed by atoms with Gasteiger partial charge in [-0.25, -0.2) is 18.1 Å². The van der Waals surface area contributed by atoms with Gasteiger partial charge >= 0.3 is 0 Å². The van der Waals surface area contributed by atoms with E-state index in [1.54, 1.807) is 12.1 Å². The van der Waals surface area contributed by atoms with E-state index in [9.17, 15) is 13.2 Å². The van der Waals surface area contributed by atoms with Gasteiger partial charge in [-0.2, -0.15) is 0 Å². The third-order valence-electron chi connectivity index (χ3n) is 3.90. The lowest BCUT2D eigenvalue weighted by molar-refractivity contribution is 0.0966. The van der Waals surface area contributed by atoms with E-state index in [0.717, 1.165) is 17.8 Å². The van der Waals surface area contributed by atoms with E-state index in [-0.39, 0.29) is 22.8 Å². The summed E-state index contributed by atoms with van der Waals surface area (Å²) >= 11 is 1.38. The second-order valence-corrected chi connectivity index (χ2v) is 9.37. The maximum atomic E-state index is 12.3. The van der Waals surface area contributed by atoms with E-state index < -0.39 is 10.0 Å².